The first-order chi connectivity index (χ1) is 11.4. The van der Waals surface area contributed by atoms with Gasteiger partial charge in [-0.3, -0.25) is 14.2 Å². The lowest BCUT2D eigenvalue weighted by Crippen LogP contribution is -2.25. The van der Waals surface area contributed by atoms with Crippen LogP contribution in [0, 0.1) is 13.8 Å². The number of unbranched alkanes of at least 4 members (excludes halogenated alkanes) is 1. The predicted octanol–water partition coefficient (Wildman–Crippen LogP) is 4.09. The van der Waals surface area contributed by atoms with Crippen LogP contribution in [-0.2, 0) is 9.53 Å². The van der Waals surface area contributed by atoms with E-state index in [4.69, 9.17) is 4.74 Å². The molecule has 0 aliphatic rings. The van der Waals surface area contributed by atoms with Crippen LogP contribution in [0.3, 0.4) is 0 Å². The van der Waals surface area contributed by atoms with Crippen molar-refractivity contribution in [3.63, 3.8) is 0 Å². The van der Waals surface area contributed by atoms with E-state index in [-0.39, 0.29) is 23.3 Å². The summed E-state index contributed by atoms with van der Waals surface area (Å²) in [6, 6.07) is -0.0207. The summed E-state index contributed by atoms with van der Waals surface area (Å²) in [5, 5.41) is 1.28. The summed E-state index contributed by atoms with van der Waals surface area (Å²) in [4.78, 5) is 31.2. The number of thioether (sulfide) groups is 1. The monoisotopic (exact) mass is 368 g/mol. The van der Waals surface area contributed by atoms with E-state index in [1.165, 1.54) is 23.1 Å². The highest BCUT2D eigenvalue weighted by Crippen LogP contribution is 2.29. The van der Waals surface area contributed by atoms with Crippen LogP contribution in [0.4, 0.5) is 0 Å². The molecule has 7 heteroatoms. The minimum absolute atomic E-state index is 0.0207. The van der Waals surface area contributed by atoms with Crippen LogP contribution >= 0.6 is 23.1 Å². The molecule has 2 heterocycles. The van der Waals surface area contributed by atoms with E-state index < -0.39 is 0 Å². The van der Waals surface area contributed by atoms with Gasteiger partial charge in [-0.2, -0.15) is 0 Å². The number of carbonyl (C=O) groups is 1. The van der Waals surface area contributed by atoms with Crippen molar-refractivity contribution in [1.29, 1.82) is 0 Å². The number of fused-ring (bicyclic) bond motifs is 1. The fourth-order valence-electron chi connectivity index (χ4n) is 2.34. The zero-order chi connectivity index (χ0) is 17.9. The molecule has 132 valence electrons. The van der Waals surface area contributed by atoms with Gasteiger partial charge in [-0.05, 0) is 39.7 Å². The second-order valence-electron chi connectivity index (χ2n) is 5.99. The molecule has 0 aliphatic heterocycles. The van der Waals surface area contributed by atoms with Crippen LogP contribution in [0.25, 0.3) is 10.2 Å². The maximum Gasteiger partial charge on any atom is 0.316 e. The lowest BCUT2D eigenvalue weighted by Gasteiger charge is -2.15. The quantitative estimate of drug-likeness (QED) is 0.319. The van der Waals surface area contributed by atoms with Crippen molar-refractivity contribution in [2.45, 2.75) is 58.7 Å². The number of esters is 1. The van der Waals surface area contributed by atoms with Crippen LogP contribution in [0.2, 0.25) is 0 Å². The molecule has 0 unspecified atom stereocenters. The molecule has 0 aromatic carbocycles. The van der Waals surface area contributed by atoms with E-state index >= 15 is 0 Å². The highest BCUT2D eigenvalue weighted by atomic mass is 32.2. The van der Waals surface area contributed by atoms with Gasteiger partial charge in [0.2, 0.25) is 0 Å². The Kier molecular flexibility index (Phi) is 6.46. The van der Waals surface area contributed by atoms with Gasteiger partial charge in [0.1, 0.15) is 4.83 Å². The number of aromatic nitrogens is 2. The molecule has 0 amide bonds. The summed E-state index contributed by atoms with van der Waals surface area (Å²) in [5.41, 5.74) is 0.969. The van der Waals surface area contributed by atoms with Crippen LogP contribution in [0.15, 0.2) is 9.95 Å². The summed E-state index contributed by atoms with van der Waals surface area (Å²) in [6.07, 6.45) is 1.85. The zero-order valence-electron chi connectivity index (χ0n) is 14.8. The molecule has 0 saturated carbocycles. The maximum absolute atomic E-state index is 12.9. The molecule has 24 heavy (non-hydrogen) atoms. The Labute approximate surface area is 150 Å². The lowest BCUT2D eigenvalue weighted by atomic mass is 10.2. The van der Waals surface area contributed by atoms with Gasteiger partial charge >= 0.3 is 5.97 Å². The molecule has 0 radical (unpaired) electrons. The highest BCUT2D eigenvalue weighted by molar-refractivity contribution is 7.99. The average molecular weight is 369 g/mol. The SMILES string of the molecule is CCCCOC(=O)CSc1nc2sc(C)c(C)c2c(=O)n1C(C)C. The predicted molar refractivity (Wildman–Crippen MR) is 100 cm³/mol. The van der Waals surface area contributed by atoms with Gasteiger partial charge in [0.15, 0.2) is 5.16 Å². The van der Waals surface area contributed by atoms with Gasteiger partial charge in [0, 0.05) is 10.9 Å². The summed E-state index contributed by atoms with van der Waals surface area (Å²) in [7, 11) is 0. The van der Waals surface area contributed by atoms with Gasteiger partial charge in [0.25, 0.3) is 5.56 Å². The molecule has 0 aliphatic carbocycles. The van der Waals surface area contributed by atoms with Crippen molar-refractivity contribution in [3.05, 3.63) is 20.8 Å². The summed E-state index contributed by atoms with van der Waals surface area (Å²) in [6.45, 7) is 10.4. The Hall–Kier alpha value is -1.34. The Morgan fingerprint density at radius 1 is 1.38 bits per heavy atom. The topological polar surface area (TPSA) is 61.2 Å². The number of ether oxygens (including phenoxy) is 1. The van der Waals surface area contributed by atoms with E-state index in [2.05, 4.69) is 4.98 Å². The lowest BCUT2D eigenvalue weighted by molar-refractivity contribution is -0.140. The molecule has 0 atom stereocenters. The third-order valence-corrected chi connectivity index (χ3v) is 5.83. The van der Waals surface area contributed by atoms with E-state index in [0.717, 1.165) is 28.1 Å². The van der Waals surface area contributed by atoms with Crippen LogP contribution in [0.1, 0.15) is 50.1 Å². The number of rotatable bonds is 7. The third-order valence-electron chi connectivity index (χ3n) is 3.80. The molecule has 2 aromatic rings. The van der Waals surface area contributed by atoms with Crippen molar-refractivity contribution in [1.82, 2.24) is 9.55 Å². The third kappa shape index (κ3) is 4.00. The fourth-order valence-corrected chi connectivity index (χ4v) is 4.34. The molecule has 0 saturated heterocycles. The summed E-state index contributed by atoms with van der Waals surface area (Å²) >= 11 is 2.79. The van der Waals surface area contributed by atoms with E-state index in [0.29, 0.717) is 17.1 Å². The second-order valence-corrected chi connectivity index (χ2v) is 8.14. The van der Waals surface area contributed by atoms with E-state index in [1.54, 1.807) is 4.57 Å². The molecule has 0 bridgehead atoms. The zero-order valence-corrected chi connectivity index (χ0v) is 16.5. The van der Waals surface area contributed by atoms with Crippen molar-refractivity contribution in [2.75, 3.05) is 12.4 Å². The molecule has 0 spiro atoms. The van der Waals surface area contributed by atoms with Gasteiger partial charge in [0.05, 0.1) is 17.7 Å². The highest BCUT2D eigenvalue weighted by Gasteiger charge is 2.19. The Balaban J connectivity index is 2.30. The summed E-state index contributed by atoms with van der Waals surface area (Å²) < 4.78 is 6.85. The van der Waals surface area contributed by atoms with Crippen LogP contribution < -0.4 is 5.56 Å². The van der Waals surface area contributed by atoms with E-state index in [1.807, 2.05) is 34.6 Å². The molecular formula is C17H24N2O3S2. The number of hydrogen-bond donors (Lipinski definition) is 0. The largest absolute Gasteiger partial charge is 0.465 e. The molecule has 2 rings (SSSR count). The number of hydrogen-bond acceptors (Lipinski definition) is 6. The molecule has 0 fully saturated rings. The van der Waals surface area contributed by atoms with Crippen molar-refractivity contribution < 1.29 is 9.53 Å². The molecule has 0 N–H and O–H groups in total. The molecular weight excluding hydrogens is 344 g/mol. The minimum Gasteiger partial charge on any atom is -0.465 e. The van der Waals surface area contributed by atoms with Gasteiger partial charge in [-0.1, -0.05) is 25.1 Å². The molecule has 5 nitrogen and oxygen atoms in total. The Morgan fingerprint density at radius 3 is 2.71 bits per heavy atom. The van der Waals surface area contributed by atoms with Crippen molar-refractivity contribution in [3.8, 4) is 0 Å². The maximum atomic E-state index is 12.9. The number of aryl methyl sites for hydroxylation is 2. The Bertz CT molecular complexity index is 793. The minimum atomic E-state index is -0.267. The number of carbonyl (C=O) groups excluding carboxylic acids is 1. The summed E-state index contributed by atoms with van der Waals surface area (Å²) in [5.74, 6) is -0.103. The van der Waals surface area contributed by atoms with Crippen molar-refractivity contribution >= 4 is 39.3 Å². The fraction of sp³-hybridized carbons (Fsp3) is 0.588. The average Bonchev–Trinajstić information content (AvgIpc) is 2.80. The second kappa shape index (κ2) is 8.16. The Morgan fingerprint density at radius 2 is 2.08 bits per heavy atom. The van der Waals surface area contributed by atoms with E-state index in [9.17, 15) is 9.59 Å². The van der Waals surface area contributed by atoms with Gasteiger partial charge in [-0.25, -0.2) is 4.98 Å². The van der Waals surface area contributed by atoms with Gasteiger partial charge in [-0.15, -0.1) is 11.3 Å². The first-order valence-electron chi connectivity index (χ1n) is 8.17. The van der Waals surface area contributed by atoms with Gasteiger partial charge < -0.3 is 4.74 Å². The number of nitrogens with zero attached hydrogens (tertiary/aromatic N) is 2. The van der Waals surface area contributed by atoms with Crippen LogP contribution in [-0.4, -0.2) is 27.9 Å². The first kappa shape index (κ1) is 19.0. The standard InChI is InChI=1S/C17H24N2O3S2/c1-6-7-8-22-13(20)9-23-17-18-15-14(11(4)12(5)24-15)16(21)19(17)10(2)3/h10H,6-9H2,1-5H3. The van der Waals surface area contributed by atoms with Crippen LogP contribution in [0.5, 0.6) is 0 Å². The van der Waals surface area contributed by atoms with Crippen molar-refractivity contribution in [2.24, 2.45) is 0 Å². The smallest absolute Gasteiger partial charge is 0.316 e. The number of thiophene rings is 1. The normalized spacial score (nSPS) is 11.4. The molecule has 2 aromatic heterocycles. The first-order valence-corrected chi connectivity index (χ1v) is 9.97.